The molecule has 1 aromatic heterocycles. The van der Waals surface area contributed by atoms with E-state index in [0.29, 0.717) is 6.54 Å². The fourth-order valence-electron chi connectivity index (χ4n) is 3.32. The number of carbonyl (C=O) groups is 2. The normalized spacial score (nSPS) is 14.5. The van der Waals surface area contributed by atoms with E-state index in [4.69, 9.17) is 0 Å². The van der Waals surface area contributed by atoms with E-state index in [1.165, 1.54) is 4.90 Å². The lowest BCUT2D eigenvalue weighted by Gasteiger charge is -2.34. The Balaban J connectivity index is 1.44. The number of hydrogen-bond donors (Lipinski definition) is 1. The molecule has 0 spiro atoms. The van der Waals surface area contributed by atoms with Crippen molar-refractivity contribution in [1.29, 1.82) is 0 Å². The van der Waals surface area contributed by atoms with Crippen LogP contribution in [-0.4, -0.2) is 77.9 Å². The van der Waals surface area contributed by atoms with E-state index in [0.717, 1.165) is 49.8 Å². The monoisotopic (exact) mass is 396 g/mol. The summed E-state index contributed by atoms with van der Waals surface area (Å²) in [6, 6.07) is 9.52. The molecule has 1 fully saturated rings. The average molecular weight is 396 g/mol. The van der Waals surface area contributed by atoms with Crippen molar-refractivity contribution >= 4 is 23.5 Å². The molecule has 1 aromatic carbocycles. The first-order valence-corrected chi connectivity index (χ1v) is 9.93. The predicted molar refractivity (Wildman–Crippen MR) is 113 cm³/mol. The molecule has 2 heterocycles. The second kappa shape index (κ2) is 9.97. The minimum absolute atomic E-state index is 0.0364. The predicted octanol–water partition coefficient (Wildman–Crippen LogP) is 1.26. The Morgan fingerprint density at radius 2 is 1.76 bits per heavy atom. The maximum Gasteiger partial charge on any atom is 0.243 e. The molecule has 0 bridgehead atoms. The molecule has 0 radical (unpaired) electrons. The van der Waals surface area contributed by atoms with Crippen molar-refractivity contribution < 1.29 is 9.59 Å². The minimum atomic E-state index is -0.187. The SMILES string of the molecule is CCc1ccccc1NC(=O)CN(C)C(=O)CN1CCN(c2ncccn2)CC1. The van der Waals surface area contributed by atoms with Crippen molar-refractivity contribution in [3.63, 3.8) is 0 Å². The molecule has 8 heteroatoms. The smallest absolute Gasteiger partial charge is 0.243 e. The largest absolute Gasteiger partial charge is 0.338 e. The van der Waals surface area contributed by atoms with E-state index in [1.54, 1.807) is 25.5 Å². The number of nitrogens with one attached hydrogen (secondary N) is 1. The highest BCUT2D eigenvalue weighted by atomic mass is 16.2. The van der Waals surface area contributed by atoms with Gasteiger partial charge in [-0.2, -0.15) is 0 Å². The second-order valence-corrected chi connectivity index (χ2v) is 7.12. The van der Waals surface area contributed by atoms with Crippen LogP contribution >= 0.6 is 0 Å². The lowest BCUT2D eigenvalue weighted by atomic mass is 10.1. The molecule has 0 aliphatic carbocycles. The summed E-state index contributed by atoms with van der Waals surface area (Å²) >= 11 is 0. The quantitative estimate of drug-likeness (QED) is 0.759. The van der Waals surface area contributed by atoms with Crippen LogP contribution in [0.2, 0.25) is 0 Å². The summed E-state index contributed by atoms with van der Waals surface area (Å²) < 4.78 is 0. The molecule has 8 nitrogen and oxygen atoms in total. The third-order valence-corrected chi connectivity index (χ3v) is 5.05. The Hall–Kier alpha value is -3.00. The molecule has 29 heavy (non-hydrogen) atoms. The molecule has 0 atom stereocenters. The maximum atomic E-state index is 12.5. The Kier molecular flexibility index (Phi) is 7.13. The molecule has 2 aromatic rings. The number of carbonyl (C=O) groups excluding carboxylic acids is 2. The van der Waals surface area contributed by atoms with E-state index in [9.17, 15) is 9.59 Å². The average Bonchev–Trinajstić information content (AvgIpc) is 2.75. The van der Waals surface area contributed by atoms with Gasteiger partial charge in [-0.05, 0) is 24.1 Å². The molecule has 1 aliphatic rings. The molecule has 1 saturated heterocycles. The van der Waals surface area contributed by atoms with Crippen molar-refractivity contribution in [2.75, 3.05) is 56.5 Å². The number of benzene rings is 1. The zero-order chi connectivity index (χ0) is 20.6. The van der Waals surface area contributed by atoms with Crippen LogP contribution in [0.25, 0.3) is 0 Å². The van der Waals surface area contributed by atoms with Crippen LogP contribution in [0.1, 0.15) is 12.5 Å². The van der Waals surface area contributed by atoms with Crippen molar-refractivity contribution in [1.82, 2.24) is 19.8 Å². The molecular formula is C21H28N6O2. The Labute approximate surface area is 171 Å². The van der Waals surface area contributed by atoms with Gasteiger partial charge in [-0.25, -0.2) is 9.97 Å². The fourth-order valence-corrected chi connectivity index (χ4v) is 3.32. The zero-order valence-corrected chi connectivity index (χ0v) is 17.0. The van der Waals surface area contributed by atoms with Gasteiger partial charge in [-0.3, -0.25) is 14.5 Å². The number of nitrogens with zero attached hydrogens (tertiary/aromatic N) is 5. The van der Waals surface area contributed by atoms with Crippen LogP contribution in [0.15, 0.2) is 42.7 Å². The van der Waals surface area contributed by atoms with Gasteiger partial charge in [0.05, 0.1) is 13.1 Å². The molecule has 1 aliphatic heterocycles. The van der Waals surface area contributed by atoms with E-state index in [2.05, 4.69) is 25.1 Å². The number of piperazine rings is 1. The summed E-state index contributed by atoms with van der Waals surface area (Å²) in [6.45, 7) is 5.45. The van der Waals surface area contributed by atoms with Gasteiger partial charge in [0.1, 0.15) is 0 Å². The van der Waals surface area contributed by atoms with Gasteiger partial charge in [-0.1, -0.05) is 25.1 Å². The van der Waals surface area contributed by atoms with Crippen LogP contribution in [-0.2, 0) is 16.0 Å². The standard InChI is InChI=1S/C21H28N6O2/c1-3-17-7-4-5-8-18(17)24-19(28)15-25(2)20(29)16-26-11-13-27(14-12-26)21-22-9-6-10-23-21/h4-10H,3,11-16H2,1-2H3,(H,24,28). The third kappa shape index (κ3) is 5.74. The first kappa shape index (κ1) is 20.7. The van der Waals surface area contributed by atoms with Gasteiger partial charge in [-0.15, -0.1) is 0 Å². The van der Waals surface area contributed by atoms with Crippen LogP contribution in [0.4, 0.5) is 11.6 Å². The summed E-state index contributed by atoms with van der Waals surface area (Å²) in [5.41, 5.74) is 1.88. The Morgan fingerprint density at radius 1 is 1.07 bits per heavy atom. The summed E-state index contributed by atoms with van der Waals surface area (Å²) in [5, 5.41) is 2.91. The summed E-state index contributed by atoms with van der Waals surface area (Å²) in [7, 11) is 1.67. The number of aromatic nitrogens is 2. The number of hydrogen-bond acceptors (Lipinski definition) is 6. The number of para-hydroxylation sites is 1. The molecular weight excluding hydrogens is 368 g/mol. The second-order valence-electron chi connectivity index (χ2n) is 7.12. The van der Waals surface area contributed by atoms with Crippen molar-refractivity contribution in [3.05, 3.63) is 48.3 Å². The molecule has 1 N–H and O–H groups in total. The fraction of sp³-hybridized carbons (Fsp3) is 0.429. The summed E-state index contributed by atoms with van der Waals surface area (Å²) in [4.78, 5) is 39.1. The van der Waals surface area contributed by atoms with E-state index in [-0.39, 0.29) is 18.4 Å². The third-order valence-electron chi connectivity index (χ3n) is 5.05. The number of rotatable bonds is 7. The van der Waals surface area contributed by atoms with Crippen LogP contribution < -0.4 is 10.2 Å². The lowest BCUT2D eigenvalue weighted by molar-refractivity contribution is -0.134. The van der Waals surface area contributed by atoms with Crippen LogP contribution in [0.3, 0.4) is 0 Å². The first-order chi connectivity index (χ1) is 14.1. The van der Waals surface area contributed by atoms with Crippen molar-refractivity contribution in [2.45, 2.75) is 13.3 Å². The zero-order valence-electron chi connectivity index (χ0n) is 17.0. The summed E-state index contributed by atoms with van der Waals surface area (Å²) in [5.74, 6) is 0.473. The highest BCUT2D eigenvalue weighted by Gasteiger charge is 2.22. The van der Waals surface area contributed by atoms with Gasteiger partial charge >= 0.3 is 0 Å². The lowest BCUT2D eigenvalue weighted by Crippen LogP contribution is -2.50. The Morgan fingerprint density at radius 3 is 2.45 bits per heavy atom. The van der Waals surface area contributed by atoms with E-state index in [1.807, 2.05) is 31.2 Å². The van der Waals surface area contributed by atoms with E-state index >= 15 is 0 Å². The highest BCUT2D eigenvalue weighted by Crippen LogP contribution is 2.15. The number of amides is 2. The minimum Gasteiger partial charge on any atom is -0.338 e. The van der Waals surface area contributed by atoms with Crippen LogP contribution in [0, 0.1) is 0 Å². The van der Waals surface area contributed by atoms with Crippen molar-refractivity contribution in [2.24, 2.45) is 0 Å². The molecule has 3 rings (SSSR count). The molecule has 2 amide bonds. The first-order valence-electron chi connectivity index (χ1n) is 9.93. The van der Waals surface area contributed by atoms with Gasteiger partial charge in [0.15, 0.2) is 0 Å². The van der Waals surface area contributed by atoms with Gasteiger partial charge in [0.2, 0.25) is 17.8 Å². The Bertz CT molecular complexity index is 821. The highest BCUT2D eigenvalue weighted by molar-refractivity contribution is 5.95. The molecule has 154 valence electrons. The topological polar surface area (TPSA) is 81.7 Å². The number of anilines is 2. The van der Waals surface area contributed by atoms with E-state index < -0.39 is 0 Å². The number of likely N-dealkylation sites (N-methyl/N-ethyl adjacent to an activating group) is 1. The van der Waals surface area contributed by atoms with Crippen LogP contribution in [0.5, 0.6) is 0 Å². The van der Waals surface area contributed by atoms with Gasteiger partial charge < -0.3 is 15.1 Å². The van der Waals surface area contributed by atoms with Gasteiger partial charge in [0.25, 0.3) is 0 Å². The maximum absolute atomic E-state index is 12.5. The molecule has 0 unspecified atom stereocenters. The number of aryl methyl sites for hydroxylation is 1. The molecule has 0 saturated carbocycles. The van der Waals surface area contributed by atoms with Crippen molar-refractivity contribution in [3.8, 4) is 0 Å². The summed E-state index contributed by atoms with van der Waals surface area (Å²) in [6.07, 6.45) is 4.31. The van der Waals surface area contributed by atoms with Gasteiger partial charge in [0, 0.05) is 51.3 Å².